The zero-order valence-corrected chi connectivity index (χ0v) is 42.1. The minimum absolute atomic E-state index is 0.0854. The predicted molar refractivity (Wildman–Crippen MR) is 262 cm³/mol. The number of rotatable bonds is 15. The maximum Gasteiger partial charge on any atom is 0.314 e. The molecule has 77 heavy (non-hydrogen) atoms. The first kappa shape index (κ1) is 56.7. The summed E-state index contributed by atoms with van der Waals surface area (Å²) in [6, 6.07) is 15.9. The fourth-order valence-corrected chi connectivity index (χ4v) is 8.47. The van der Waals surface area contributed by atoms with E-state index in [1.807, 2.05) is 9.80 Å². The number of halogens is 10. The van der Waals surface area contributed by atoms with Crippen LogP contribution in [0, 0.1) is 23.3 Å². The SMILES string of the molecule is O=C(CN1CCN(C2COC2)CC1)N(Cc1ccc(-c2nnc(C(F)F)o2)cc1F)c1ccc(F)c(Cl)c1.O=C(CN1CCNCC1)N(Cc1ccc(-c2nnc(C(F)F)o2)cc1F)c1ccc(F)c(Cl)c1.O=C1COC1. The van der Waals surface area contributed by atoms with E-state index in [4.69, 9.17) is 36.8 Å². The monoisotopic (exact) mass is 1120 g/mol. The summed E-state index contributed by atoms with van der Waals surface area (Å²) in [7, 11) is 0. The van der Waals surface area contributed by atoms with E-state index < -0.39 is 47.9 Å². The molecular formula is C50H48Cl2F8N10O7. The standard InChI is InChI=1S/C25H24ClF4N5O3.C22H20ClF4N5O2.C3H4O2/c26-19-10-17(3-4-20(19)27)35(22(36)12-33-5-7-34(8-6-33)18-13-37-14-18)11-16-2-1-15(9-21(16)28)24-31-32-25(38-24)23(29)30;23-16-10-15(3-4-17(16)24)32(19(33)12-31-7-5-28-6-8-31)11-14-2-1-13(9-18(14)25)21-29-30-22(34-21)20(26)27;4-3-1-5-2-3/h1-4,9-10,18,23H,5-8,11-14H2;1-4,9-10,20,28H,5-8,11-12H2;1-2H2. The Labute approximate surface area is 444 Å². The van der Waals surface area contributed by atoms with Gasteiger partial charge in [-0.1, -0.05) is 35.3 Å². The van der Waals surface area contributed by atoms with Crippen LogP contribution >= 0.6 is 23.2 Å². The number of carbonyl (C=O) groups excluding carboxylic acids is 3. The Balaban J connectivity index is 0.000000187. The molecule has 0 saturated carbocycles. The molecule has 4 aliphatic rings. The van der Waals surface area contributed by atoms with Crippen LogP contribution in [0.5, 0.6) is 0 Å². The lowest BCUT2D eigenvalue weighted by Gasteiger charge is -2.42. The van der Waals surface area contributed by atoms with Crippen LogP contribution in [0.2, 0.25) is 10.0 Å². The van der Waals surface area contributed by atoms with E-state index in [1.54, 1.807) is 0 Å². The Kier molecular flexibility index (Phi) is 19.4. The molecule has 10 rings (SSSR count). The zero-order chi connectivity index (χ0) is 54.8. The summed E-state index contributed by atoms with van der Waals surface area (Å²) in [5.41, 5.74) is 1.15. The summed E-state index contributed by atoms with van der Waals surface area (Å²) in [6.07, 6.45) is -5.89. The zero-order valence-electron chi connectivity index (χ0n) is 40.6. The fourth-order valence-electron chi connectivity index (χ4n) is 8.12. The highest BCUT2D eigenvalue weighted by molar-refractivity contribution is 6.31. The number of hydrogen-bond acceptors (Lipinski definition) is 15. The largest absolute Gasteiger partial charge is 0.415 e. The summed E-state index contributed by atoms with van der Waals surface area (Å²) >= 11 is 11.9. The lowest BCUT2D eigenvalue weighted by atomic mass is 10.1. The molecule has 2 aromatic heterocycles. The number of piperazine rings is 2. The van der Waals surface area contributed by atoms with Crippen LogP contribution in [-0.2, 0) is 36.9 Å². The number of amides is 2. The van der Waals surface area contributed by atoms with E-state index in [9.17, 15) is 45.1 Å². The van der Waals surface area contributed by atoms with Crippen LogP contribution in [0.3, 0.4) is 0 Å². The Hall–Kier alpha value is -6.45. The molecule has 0 radical (unpaired) electrons. The lowest BCUT2D eigenvalue weighted by molar-refractivity contribution is -0.140. The van der Waals surface area contributed by atoms with Crippen molar-refractivity contribution in [3.63, 3.8) is 0 Å². The number of ketones is 1. The molecule has 410 valence electrons. The summed E-state index contributed by atoms with van der Waals surface area (Å²) in [6.45, 7) is 7.83. The molecule has 2 amide bonds. The summed E-state index contributed by atoms with van der Waals surface area (Å²) < 4.78 is 128. The van der Waals surface area contributed by atoms with Gasteiger partial charge >= 0.3 is 12.9 Å². The van der Waals surface area contributed by atoms with Crippen LogP contribution in [-0.4, -0.2) is 151 Å². The van der Waals surface area contributed by atoms with Crippen molar-refractivity contribution in [2.75, 3.05) is 102 Å². The number of hydrogen-bond donors (Lipinski definition) is 1. The van der Waals surface area contributed by atoms with Crippen molar-refractivity contribution < 1.29 is 67.8 Å². The topological polar surface area (TPSA) is 176 Å². The van der Waals surface area contributed by atoms with E-state index >= 15 is 4.39 Å². The number of Topliss-reactive ketones (excluding diaryl/α,β-unsaturated/α-hetero) is 1. The van der Waals surface area contributed by atoms with E-state index in [0.717, 1.165) is 63.7 Å². The Morgan fingerprint density at radius 3 is 1.39 bits per heavy atom. The number of nitrogens with one attached hydrogen (secondary N) is 1. The third-order valence-corrected chi connectivity index (χ3v) is 13.1. The molecule has 0 unspecified atom stereocenters. The Morgan fingerprint density at radius 2 is 1.04 bits per heavy atom. The van der Waals surface area contributed by atoms with E-state index in [0.29, 0.717) is 56.8 Å². The van der Waals surface area contributed by atoms with Crippen molar-refractivity contribution in [2.24, 2.45) is 0 Å². The molecule has 0 spiro atoms. The van der Waals surface area contributed by atoms with Gasteiger partial charge in [0.2, 0.25) is 23.6 Å². The van der Waals surface area contributed by atoms with Crippen LogP contribution in [0.1, 0.15) is 35.8 Å². The highest BCUT2D eigenvalue weighted by atomic mass is 35.5. The van der Waals surface area contributed by atoms with Gasteiger partial charge in [0.25, 0.3) is 11.8 Å². The molecule has 27 heteroatoms. The quantitative estimate of drug-likeness (QED) is 0.0986. The van der Waals surface area contributed by atoms with Crippen molar-refractivity contribution in [1.29, 1.82) is 0 Å². The number of nitrogens with zero attached hydrogens (tertiary/aromatic N) is 9. The highest BCUT2D eigenvalue weighted by Crippen LogP contribution is 2.31. The van der Waals surface area contributed by atoms with Gasteiger partial charge in [-0.25, -0.2) is 17.6 Å². The molecular weight excluding hydrogens is 1080 g/mol. The van der Waals surface area contributed by atoms with Gasteiger partial charge < -0.3 is 33.4 Å². The molecule has 0 bridgehead atoms. The first-order chi connectivity index (χ1) is 37.0. The normalized spacial score (nSPS) is 16.3. The van der Waals surface area contributed by atoms with Gasteiger partial charge in [-0.2, -0.15) is 17.6 Å². The second-order valence-electron chi connectivity index (χ2n) is 17.8. The van der Waals surface area contributed by atoms with Crippen LogP contribution in [0.25, 0.3) is 22.9 Å². The van der Waals surface area contributed by atoms with Gasteiger partial charge in [0.1, 0.15) is 36.5 Å². The van der Waals surface area contributed by atoms with E-state index in [1.165, 1.54) is 58.3 Å². The molecule has 0 atom stereocenters. The average Bonchev–Trinajstić information content (AvgIpc) is 4.10. The number of anilines is 2. The summed E-state index contributed by atoms with van der Waals surface area (Å²) in [5.74, 6) is -5.34. The van der Waals surface area contributed by atoms with Gasteiger partial charge in [0.05, 0.1) is 55.5 Å². The molecule has 6 aromatic rings. The Bertz CT molecular complexity index is 3010. The number of aromatic nitrogens is 4. The molecule has 6 heterocycles. The van der Waals surface area contributed by atoms with Gasteiger partial charge in [-0.05, 0) is 60.7 Å². The van der Waals surface area contributed by atoms with Gasteiger partial charge in [-0.15, -0.1) is 20.4 Å². The minimum atomic E-state index is -2.95. The predicted octanol–water partition coefficient (Wildman–Crippen LogP) is 7.79. The number of ether oxygens (including phenoxy) is 2. The van der Waals surface area contributed by atoms with Crippen LogP contribution in [0.15, 0.2) is 81.6 Å². The third kappa shape index (κ3) is 15.0. The van der Waals surface area contributed by atoms with Crippen LogP contribution < -0.4 is 15.1 Å². The first-order valence-electron chi connectivity index (χ1n) is 23.9. The van der Waals surface area contributed by atoms with Gasteiger partial charge in [-0.3, -0.25) is 29.1 Å². The molecule has 4 saturated heterocycles. The number of carbonyl (C=O) groups is 3. The van der Waals surface area contributed by atoms with Crippen molar-refractivity contribution in [1.82, 2.24) is 40.4 Å². The fraction of sp³-hybridized carbons (Fsp3) is 0.380. The van der Waals surface area contributed by atoms with Crippen molar-refractivity contribution in [2.45, 2.75) is 32.0 Å². The molecule has 0 aliphatic carbocycles. The molecule has 17 nitrogen and oxygen atoms in total. The third-order valence-electron chi connectivity index (χ3n) is 12.5. The van der Waals surface area contributed by atoms with Gasteiger partial charge in [0, 0.05) is 86.0 Å². The number of alkyl halides is 4. The van der Waals surface area contributed by atoms with Crippen molar-refractivity contribution >= 4 is 52.2 Å². The smallest absolute Gasteiger partial charge is 0.314 e. The first-order valence-corrected chi connectivity index (χ1v) is 24.6. The summed E-state index contributed by atoms with van der Waals surface area (Å²) in [5, 5.41) is 16.4. The maximum absolute atomic E-state index is 15.1. The van der Waals surface area contributed by atoms with Crippen LogP contribution in [0.4, 0.5) is 46.5 Å². The second kappa shape index (κ2) is 26.3. The van der Waals surface area contributed by atoms with E-state index in [2.05, 4.69) is 35.3 Å². The Morgan fingerprint density at radius 1 is 0.597 bits per heavy atom. The molecule has 1 N–H and O–H groups in total. The summed E-state index contributed by atoms with van der Waals surface area (Å²) in [4.78, 5) is 45.4. The minimum Gasteiger partial charge on any atom is -0.415 e. The van der Waals surface area contributed by atoms with Crippen molar-refractivity contribution in [3.05, 3.63) is 129 Å². The molecule has 4 aromatic carbocycles. The van der Waals surface area contributed by atoms with Crippen molar-refractivity contribution in [3.8, 4) is 22.9 Å². The number of benzene rings is 4. The molecule has 4 aliphatic heterocycles. The second-order valence-corrected chi connectivity index (χ2v) is 18.6. The van der Waals surface area contributed by atoms with E-state index in [-0.39, 0.29) is 87.9 Å². The highest BCUT2D eigenvalue weighted by Gasteiger charge is 2.31. The van der Waals surface area contributed by atoms with Gasteiger partial charge in [0.15, 0.2) is 5.78 Å². The maximum atomic E-state index is 15.1. The average molecular weight is 1120 g/mol. The lowest BCUT2D eigenvalue weighted by Crippen LogP contribution is -2.57. The molecule has 4 fully saturated rings.